The lowest BCUT2D eigenvalue weighted by atomic mass is 10.1. The van der Waals surface area contributed by atoms with Gasteiger partial charge in [0.15, 0.2) is 0 Å². The van der Waals surface area contributed by atoms with Crippen LogP contribution in [0.3, 0.4) is 0 Å². The van der Waals surface area contributed by atoms with Crippen LogP contribution >= 0.6 is 0 Å². The van der Waals surface area contributed by atoms with E-state index in [2.05, 4.69) is 6.92 Å². The molecule has 0 saturated heterocycles. The minimum Gasteiger partial charge on any atom is -0.467 e. The highest BCUT2D eigenvalue weighted by Crippen LogP contribution is 2.15. The van der Waals surface area contributed by atoms with E-state index in [1.807, 2.05) is 31.2 Å². The molecule has 0 N–H and O–H groups in total. The molecule has 198 valence electrons. The van der Waals surface area contributed by atoms with Gasteiger partial charge in [0.25, 0.3) is 5.91 Å². The Balaban J connectivity index is 1.76. The highest BCUT2D eigenvalue weighted by molar-refractivity contribution is 5.96. The van der Waals surface area contributed by atoms with Crippen molar-refractivity contribution in [3.63, 3.8) is 0 Å². The third-order valence-corrected chi connectivity index (χ3v) is 6.12. The summed E-state index contributed by atoms with van der Waals surface area (Å²) in [6.45, 7) is 6.02. The lowest BCUT2D eigenvalue weighted by Gasteiger charge is -2.27. The maximum absolute atomic E-state index is 13.5. The highest BCUT2D eigenvalue weighted by atomic mass is 19.1. The molecule has 37 heavy (non-hydrogen) atoms. The van der Waals surface area contributed by atoms with Gasteiger partial charge < -0.3 is 19.0 Å². The Bertz CT molecular complexity index is 1080. The first-order chi connectivity index (χ1) is 18.0. The molecule has 2 amide bonds. The summed E-state index contributed by atoms with van der Waals surface area (Å²) in [6, 6.07) is 17.3. The second-order valence-electron chi connectivity index (χ2n) is 9.03. The predicted octanol–water partition coefficient (Wildman–Crippen LogP) is 5.86. The molecule has 0 radical (unpaired) electrons. The highest BCUT2D eigenvalue weighted by Gasteiger charge is 2.23. The lowest BCUT2D eigenvalue weighted by molar-refractivity contribution is -0.133. The number of hydrogen-bond acceptors (Lipinski definition) is 4. The van der Waals surface area contributed by atoms with Crippen LogP contribution in [0.4, 0.5) is 4.39 Å². The summed E-state index contributed by atoms with van der Waals surface area (Å²) >= 11 is 0. The summed E-state index contributed by atoms with van der Waals surface area (Å²) in [6.07, 6.45) is 5.38. The number of halogens is 1. The van der Waals surface area contributed by atoms with E-state index >= 15 is 0 Å². The molecular weight excluding hydrogens is 471 g/mol. The third-order valence-electron chi connectivity index (χ3n) is 6.12. The second-order valence-corrected chi connectivity index (χ2v) is 9.03. The Hall–Kier alpha value is -3.45. The van der Waals surface area contributed by atoms with E-state index in [1.54, 1.807) is 40.3 Å². The van der Waals surface area contributed by atoms with Crippen molar-refractivity contribution >= 4 is 11.8 Å². The van der Waals surface area contributed by atoms with Gasteiger partial charge in [0, 0.05) is 31.9 Å². The molecule has 0 bridgehead atoms. The minimum absolute atomic E-state index is 0.0789. The Morgan fingerprint density at radius 1 is 0.892 bits per heavy atom. The van der Waals surface area contributed by atoms with Gasteiger partial charge in [-0.05, 0) is 73.7 Å². The van der Waals surface area contributed by atoms with E-state index < -0.39 is 0 Å². The van der Waals surface area contributed by atoms with Crippen LogP contribution in [0.1, 0.15) is 60.4 Å². The summed E-state index contributed by atoms with van der Waals surface area (Å²) in [5.41, 5.74) is 2.54. The third kappa shape index (κ3) is 9.17. The van der Waals surface area contributed by atoms with E-state index in [9.17, 15) is 14.0 Å². The number of aryl methyl sites for hydroxylation is 1. The fourth-order valence-corrected chi connectivity index (χ4v) is 4.03. The number of nitrogens with zero attached hydrogens (tertiary/aromatic N) is 2. The van der Waals surface area contributed by atoms with Gasteiger partial charge in [0.2, 0.25) is 5.91 Å². The molecule has 7 heteroatoms. The van der Waals surface area contributed by atoms with Crippen molar-refractivity contribution in [3.05, 3.63) is 95.2 Å². The van der Waals surface area contributed by atoms with E-state index in [0.717, 1.165) is 24.8 Å². The number of amides is 2. The molecule has 3 aromatic rings. The summed E-state index contributed by atoms with van der Waals surface area (Å²) in [7, 11) is 0. The molecule has 0 aliphatic rings. The van der Waals surface area contributed by atoms with Crippen LogP contribution < -0.4 is 0 Å². The Kier molecular flexibility index (Phi) is 11.4. The summed E-state index contributed by atoms with van der Waals surface area (Å²) in [5.74, 6) is -0.108. The van der Waals surface area contributed by atoms with Crippen molar-refractivity contribution in [1.29, 1.82) is 0 Å². The summed E-state index contributed by atoms with van der Waals surface area (Å²) in [4.78, 5) is 30.2. The van der Waals surface area contributed by atoms with Gasteiger partial charge in [0.05, 0.1) is 12.8 Å². The van der Waals surface area contributed by atoms with Crippen LogP contribution in [0.25, 0.3) is 0 Å². The SMILES string of the molecule is CCCCc1ccc(C(=O)N(CCCOCC)CC(=O)N(Cc2ccc(F)cc2)Cc2ccco2)cc1. The number of unbranched alkanes of at least 4 members (excludes halogenated alkanes) is 1. The standard InChI is InChI=1S/C30H37FN2O4/c1-3-5-8-24-10-14-26(15-11-24)30(35)32(18-7-19-36-4-2)23-29(34)33(22-28-9-6-20-37-28)21-25-12-16-27(31)17-13-25/h6,9-17,20H,3-5,7-8,18-19,21-23H2,1-2H3. The number of benzene rings is 2. The lowest BCUT2D eigenvalue weighted by Crippen LogP contribution is -2.43. The zero-order valence-corrected chi connectivity index (χ0v) is 21.8. The maximum Gasteiger partial charge on any atom is 0.254 e. The van der Waals surface area contributed by atoms with Gasteiger partial charge in [-0.15, -0.1) is 0 Å². The topological polar surface area (TPSA) is 63.0 Å². The zero-order chi connectivity index (χ0) is 26.5. The van der Waals surface area contributed by atoms with Crippen LogP contribution in [0.15, 0.2) is 71.3 Å². The first-order valence-electron chi connectivity index (χ1n) is 13.0. The Morgan fingerprint density at radius 2 is 1.62 bits per heavy atom. The largest absolute Gasteiger partial charge is 0.467 e. The summed E-state index contributed by atoms with van der Waals surface area (Å²) in [5, 5.41) is 0. The number of hydrogen-bond donors (Lipinski definition) is 0. The van der Waals surface area contributed by atoms with Gasteiger partial charge >= 0.3 is 0 Å². The van der Waals surface area contributed by atoms with Crippen molar-refractivity contribution in [2.24, 2.45) is 0 Å². The Labute approximate surface area is 219 Å². The van der Waals surface area contributed by atoms with Gasteiger partial charge in [0.1, 0.15) is 18.1 Å². The average Bonchev–Trinajstić information content (AvgIpc) is 3.43. The Morgan fingerprint density at radius 3 is 2.27 bits per heavy atom. The van der Waals surface area contributed by atoms with Crippen molar-refractivity contribution < 1.29 is 23.1 Å². The molecule has 1 aromatic heterocycles. The van der Waals surface area contributed by atoms with Crippen molar-refractivity contribution in [2.45, 2.75) is 52.6 Å². The molecule has 1 heterocycles. The fourth-order valence-electron chi connectivity index (χ4n) is 4.03. The van der Waals surface area contributed by atoms with Crippen molar-refractivity contribution in [1.82, 2.24) is 9.80 Å². The normalized spacial score (nSPS) is 10.9. The molecule has 0 aliphatic carbocycles. The summed E-state index contributed by atoms with van der Waals surface area (Å²) < 4.78 is 24.3. The van der Waals surface area contributed by atoms with Crippen LogP contribution in [-0.4, -0.2) is 47.9 Å². The molecule has 0 unspecified atom stereocenters. The van der Waals surface area contributed by atoms with Gasteiger partial charge in [-0.3, -0.25) is 9.59 Å². The molecule has 2 aromatic carbocycles. The zero-order valence-electron chi connectivity index (χ0n) is 21.8. The number of ether oxygens (including phenoxy) is 1. The van der Waals surface area contributed by atoms with Gasteiger partial charge in [-0.1, -0.05) is 37.6 Å². The van der Waals surface area contributed by atoms with Crippen LogP contribution in [-0.2, 0) is 29.0 Å². The molecular formula is C30H37FN2O4. The molecule has 0 spiro atoms. The molecule has 0 atom stereocenters. The smallest absolute Gasteiger partial charge is 0.254 e. The van der Waals surface area contributed by atoms with Crippen LogP contribution in [0, 0.1) is 5.82 Å². The molecule has 6 nitrogen and oxygen atoms in total. The average molecular weight is 509 g/mol. The van der Waals surface area contributed by atoms with Crippen molar-refractivity contribution in [3.8, 4) is 0 Å². The van der Waals surface area contributed by atoms with Crippen molar-refractivity contribution in [2.75, 3.05) is 26.3 Å². The number of carbonyl (C=O) groups excluding carboxylic acids is 2. The first-order valence-corrected chi connectivity index (χ1v) is 13.0. The maximum atomic E-state index is 13.5. The predicted molar refractivity (Wildman–Crippen MR) is 141 cm³/mol. The van der Waals surface area contributed by atoms with Gasteiger partial charge in [-0.2, -0.15) is 0 Å². The molecule has 3 rings (SSSR count). The van der Waals surface area contributed by atoms with E-state index in [1.165, 1.54) is 17.7 Å². The molecule has 0 aliphatic heterocycles. The molecule has 0 fully saturated rings. The molecule has 0 saturated carbocycles. The second kappa shape index (κ2) is 15.0. The fraction of sp³-hybridized carbons (Fsp3) is 0.400. The first kappa shape index (κ1) is 28.1. The van der Waals surface area contributed by atoms with E-state index in [0.29, 0.717) is 37.5 Å². The van der Waals surface area contributed by atoms with Crippen LogP contribution in [0.2, 0.25) is 0 Å². The van der Waals surface area contributed by atoms with E-state index in [-0.39, 0.29) is 37.3 Å². The number of carbonyl (C=O) groups is 2. The quantitative estimate of drug-likeness (QED) is 0.241. The monoisotopic (exact) mass is 508 g/mol. The number of furan rings is 1. The number of rotatable bonds is 15. The van der Waals surface area contributed by atoms with Crippen LogP contribution in [0.5, 0.6) is 0 Å². The minimum atomic E-state index is -0.334. The van der Waals surface area contributed by atoms with E-state index in [4.69, 9.17) is 9.15 Å². The van der Waals surface area contributed by atoms with Gasteiger partial charge in [-0.25, -0.2) is 4.39 Å².